The average Bonchev–Trinajstić information content (AvgIpc) is 3.47. The Morgan fingerprint density at radius 2 is 1.94 bits per heavy atom. The van der Waals surface area contributed by atoms with Crippen molar-refractivity contribution in [1.82, 2.24) is 22.8 Å². The molecule has 162 valence electrons. The molecule has 0 radical (unpaired) electrons. The number of carbonyl (C=O) groups is 1. The van der Waals surface area contributed by atoms with Gasteiger partial charge in [-0.15, -0.1) is 0 Å². The highest BCUT2D eigenvalue weighted by Gasteiger charge is 2.50. The minimum absolute atomic E-state index is 0.000631. The highest BCUT2D eigenvalue weighted by Crippen LogP contribution is 2.46. The zero-order chi connectivity index (χ0) is 21.8. The van der Waals surface area contributed by atoms with Gasteiger partial charge in [0, 0.05) is 32.8 Å². The first-order valence-corrected chi connectivity index (χ1v) is 11.5. The molecule has 1 aromatic carbocycles. The van der Waals surface area contributed by atoms with Crippen molar-refractivity contribution in [3.63, 3.8) is 0 Å². The molecule has 1 fully saturated rings. The van der Waals surface area contributed by atoms with Crippen LogP contribution in [0.4, 0.5) is 0 Å². The van der Waals surface area contributed by atoms with E-state index in [1.54, 1.807) is 6.33 Å². The number of ether oxygens (including phenoxy) is 1. The molecule has 1 saturated heterocycles. The summed E-state index contributed by atoms with van der Waals surface area (Å²) in [6.45, 7) is 0.949. The van der Waals surface area contributed by atoms with Crippen LogP contribution >= 0.6 is 0 Å². The second-order valence-corrected chi connectivity index (χ2v) is 10.3. The second kappa shape index (κ2) is 7.31. The molecule has 1 aliphatic heterocycles. The minimum atomic E-state index is -3.70. The number of esters is 1. The first-order valence-electron chi connectivity index (χ1n) is 10.1. The Hall–Kier alpha value is -2.98. The van der Waals surface area contributed by atoms with Crippen LogP contribution in [0.5, 0.6) is 0 Å². The van der Waals surface area contributed by atoms with Gasteiger partial charge in [-0.2, -0.15) is 12.7 Å². The first-order chi connectivity index (χ1) is 14.9. The highest BCUT2D eigenvalue weighted by molar-refractivity contribution is 7.87. The summed E-state index contributed by atoms with van der Waals surface area (Å²) < 4.78 is 34.8. The molecule has 1 aliphatic carbocycles. The Kier molecular flexibility index (Phi) is 4.71. The molecule has 9 nitrogen and oxygen atoms in total. The van der Waals surface area contributed by atoms with Crippen LogP contribution < -0.4 is 0 Å². The van der Waals surface area contributed by atoms with Gasteiger partial charge in [-0.3, -0.25) is 4.79 Å². The van der Waals surface area contributed by atoms with E-state index in [0.717, 1.165) is 25.2 Å². The molecule has 31 heavy (non-hydrogen) atoms. The molecule has 0 amide bonds. The summed E-state index contributed by atoms with van der Waals surface area (Å²) >= 11 is 0. The molecule has 0 saturated carbocycles. The van der Waals surface area contributed by atoms with Gasteiger partial charge in [-0.05, 0) is 12.0 Å². The molecular formula is C21H23N5O4S. The van der Waals surface area contributed by atoms with Gasteiger partial charge in [0.1, 0.15) is 6.33 Å². The van der Waals surface area contributed by atoms with E-state index in [1.165, 1.54) is 26.6 Å². The molecule has 3 atom stereocenters. The number of cyclic esters (lactones) is 1. The van der Waals surface area contributed by atoms with Crippen molar-refractivity contribution >= 4 is 16.2 Å². The number of carbonyl (C=O) groups excluding carboxylic acids is 1. The van der Waals surface area contributed by atoms with Crippen molar-refractivity contribution in [3.05, 3.63) is 71.8 Å². The van der Waals surface area contributed by atoms with E-state index in [4.69, 9.17) is 4.74 Å². The van der Waals surface area contributed by atoms with Crippen LogP contribution in [-0.2, 0) is 32.7 Å². The predicted octanol–water partition coefficient (Wildman–Crippen LogP) is 1.26. The molecule has 0 spiro atoms. The Labute approximate surface area is 180 Å². The average molecular weight is 442 g/mol. The zero-order valence-electron chi connectivity index (χ0n) is 17.2. The van der Waals surface area contributed by atoms with E-state index >= 15 is 0 Å². The van der Waals surface area contributed by atoms with E-state index in [0.29, 0.717) is 25.3 Å². The normalized spacial score (nSPS) is 22.9. The highest BCUT2D eigenvalue weighted by atomic mass is 32.2. The number of fused-ring (bicyclic) bond motifs is 2. The van der Waals surface area contributed by atoms with Gasteiger partial charge in [0.2, 0.25) is 0 Å². The van der Waals surface area contributed by atoms with Crippen molar-refractivity contribution in [3.8, 4) is 0 Å². The van der Waals surface area contributed by atoms with Crippen LogP contribution in [0.1, 0.15) is 28.6 Å². The zero-order valence-corrected chi connectivity index (χ0v) is 18.1. The maximum atomic E-state index is 12.7. The standard InChI is InChI=1S/C21H23N5O4S/c1-24(2)31(28,29)26-10-17(23-13-26)19-18-15(11-30-21(18)27)8-16-20(19)25(12-22-16)9-14-6-4-3-5-7-14/h3-7,10,12-13,15,18-19H,8-9,11H2,1-2H3/t15-,18+,19+/m0/s1. The Morgan fingerprint density at radius 3 is 2.68 bits per heavy atom. The monoisotopic (exact) mass is 441 g/mol. The van der Waals surface area contributed by atoms with Crippen LogP contribution in [-0.4, -0.2) is 57.9 Å². The third kappa shape index (κ3) is 3.26. The Bertz CT molecular complexity index is 1230. The fourth-order valence-corrected chi connectivity index (χ4v) is 5.35. The molecule has 2 aliphatic rings. The second-order valence-electron chi connectivity index (χ2n) is 8.21. The van der Waals surface area contributed by atoms with E-state index in [9.17, 15) is 13.2 Å². The molecule has 3 heterocycles. The third-order valence-electron chi connectivity index (χ3n) is 6.11. The number of benzene rings is 1. The summed E-state index contributed by atoms with van der Waals surface area (Å²) in [4.78, 5) is 21.7. The van der Waals surface area contributed by atoms with Gasteiger partial charge >= 0.3 is 16.2 Å². The van der Waals surface area contributed by atoms with Crippen molar-refractivity contribution in [2.24, 2.45) is 11.8 Å². The largest absolute Gasteiger partial charge is 0.465 e. The van der Waals surface area contributed by atoms with E-state index in [2.05, 4.69) is 9.97 Å². The van der Waals surface area contributed by atoms with Crippen LogP contribution in [0.25, 0.3) is 0 Å². The smallest absolute Gasteiger partial charge is 0.310 e. The summed E-state index contributed by atoms with van der Waals surface area (Å²) in [5, 5.41) is 0. The summed E-state index contributed by atoms with van der Waals surface area (Å²) in [7, 11) is -0.774. The van der Waals surface area contributed by atoms with Crippen LogP contribution in [0, 0.1) is 11.8 Å². The summed E-state index contributed by atoms with van der Waals surface area (Å²) in [5.41, 5.74) is 3.44. The number of imidazole rings is 2. The number of aromatic nitrogens is 4. The van der Waals surface area contributed by atoms with Gasteiger partial charge in [0.15, 0.2) is 0 Å². The quantitative estimate of drug-likeness (QED) is 0.553. The lowest BCUT2D eigenvalue weighted by atomic mass is 9.72. The summed E-state index contributed by atoms with van der Waals surface area (Å²) in [5.74, 6) is -1.10. The lowest BCUT2D eigenvalue weighted by Gasteiger charge is -2.30. The van der Waals surface area contributed by atoms with E-state index in [1.807, 2.05) is 34.9 Å². The summed E-state index contributed by atoms with van der Waals surface area (Å²) in [6.07, 6.45) is 5.23. The van der Waals surface area contributed by atoms with Crippen molar-refractivity contribution < 1.29 is 17.9 Å². The molecule has 0 unspecified atom stereocenters. The number of hydrogen-bond acceptors (Lipinski definition) is 6. The number of rotatable bonds is 5. The Morgan fingerprint density at radius 1 is 1.16 bits per heavy atom. The molecule has 10 heteroatoms. The molecule has 0 bridgehead atoms. The van der Waals surface area contributed by atoms with Crippen LogP contribution in [0.15, 0.2) is 49.2 Å². The molecular weight excluding hydrogens is 418 g/mol. The van der Waals surface area contributed by atoms with E-state index < -0.39 is 22.0 Å². The van der Waals surface area contributed by atoms with Gasteiger partial charge in [0.05, 0.1) is 41.9 Å². The Balaban J connectivity index is 1.62. The fourth-order valence-electron chi connectivity index (χ4n) is 4.57. The maximum Gasteiger partial charge on any atom is 0.310 e. The number of nitrogens with zero attached hydrogens (tertiary/aromatic N) is 5. The van der Waals surface area contributed by atoms with Crippen molar-refractivity contribution in [1.29, 1.82) is 0 Å². The van der Waals surface area contributed by atoms with Gasteiger partial charge in [-0.1, -0.05) is 30.3 Å². The van der Waals surface area contributed by atoms with E-state index in [-0.39, 0.29) is 11.9 Å². The molecule has 3 aromatic rings. The predicted molar refractivity (Wildman–Crippen MR) is 111 cm³/mol. The van der Waals surface area contributed by atoms with Gasteiger partial charge in [0.25, 0.3) is 0 Å². The maximum absolute atomic E-state index is 12.7. The molecule has 2 aromatic heterocycles. The topological polar surface area (TPSA) is 99.3 Å². The van der Waals surface area contributed by atoms with Gasteiger partial charge < -0.3 is 9.30 Å². The van der Waals surface area contributed by atoms with Crippen LogP contribution in [0.3, 0.4) is 0 Å². The lowest BCUT2D eigenvalue weighted by molar-refractivity contribution is -0.141. The fraction of sp³-hybridized carbons (Fsp3) is 0.381. The first kappa shape index (κ1) is 20.0. The molecule has 0 N–H and O–H groups in total. The van der Waals surface area contributed by atoms with Gasteiger partial charge in [-0.25, -0.2) is 13.9 Å². The SMILES string of the molecule is CN(C)S(=O)(=O)n1cnc([C@H]2c3c(ncn3Cc3ccccc3)C[C@H]3COC(=O)[C@H]32)c1. The van der Waals surface area contributed by atoms with Crippen molar-refractivity contribution in [2.75, 3.05) is 20.7 Å². The minimum Gasteiger partial charge on any atom is -0.465 e. The lowest BCUT2D eigenvalue weighted by Crippen LogP contribution is -2.33. The van der Waals surface area contributed by atoms with Crippen LogP contribution in [0.2, 0.25) is 0 Å². The number of hydrogen-bond donors (Lipinski definition) is 0. The molecule has 5 rings (SSSR count). The van der Waals surface area contributed by atoms with Crippen molar-refractivity contribution in [2.45, 2.75) is 18.9 Å². The summed E-state index contributed by atoms with van der Waals surface area (Å²) in [6, 6.07) is 10.00. The third-order valence-corrected chi connectivity index (χ3v) is 7.76.